The Morgan fingerprint density at radius 3 is 2.45 bits per heavy atom. The Balaban J connectivity index is 3.03. The lowest BCUT2D eigenvalue weighted by molar-refractivity contribution is 0.660. The minimum atomic E-state index is 0.805. The molecule has 0 saturated carbocycles. The van der Waals surface area contributed by atoms with E-state index in [1.807, 2.05) is 0 Å². The van der Waals surface area contributed by atoms with Crippen LogP contribution in [0.3, 0.4) is 0 Å². The molecular weight excluding hydrogens is 132 g/mol. The van der Waals surface area contributed by atoms with Crippen molar-refractivity contribution in [3.63, 3.8) is 0 Å². The first-order valence-electron chi connectivity index (χ1n) is 4.71. The van der Waals surface area contributed by atoms with E-state index in [1.165, 1.54) is 25.7 Å². The quantitative estimate of drug-likeness (QED) is 0.400. The van der Waals surface area contributed by atoms with Crippen molar-refractivity contribution in [2.75, 3.05) is 0 Å². The average Bonchev–Trinajstić information content (AvgIpc) is 1.96. The minimum absolute atomic E-state index is 0.805. The maximum absolute atomic E-state index is 3.81. The normalized spacial score (nSPS) is 11.6. The summed E-state index contributed by atoms with van der Waals surface area (Å²) in [6.45, 7) is 8.31. The molecule has 0 spiro atoms. The van der Waals surface area contributed by atoms with Gasteiger partial charge in [-0.05, 0) is 25.2 Å². The third kappa shape index (κ3) is 9.74. The highest BCUT2D eigenvalue weighted by molar-refractivity contribution is 4.82. The molecule has 0 heterocycles. The van der Waals surface area contributed by atoms with Crippen molar-refractivity contribution in [1.29, 1.82) is 0 Å². The first kappa shape index (κ1) is 10.7. The fraction of sp³-hybridized carbons (Fsp3) is 0.727. The van der Waals surface area contributed by atoms with Gasteiger partial charge in [-0.3, -0.25) is 0 Å². The van der Waals surface area contributed by atoms with Gasteiger partial charge in [0.1, 0.15) is 0 Å². The van der Waals surface area contributed by atoms with Crippen LogP contribution in [0.15, 0.2) is 12.2 Å². The molecule has 0 aliphatic carbocycles. The third-order valence-electron chi connectivity index (χ3n) is 1.64. The van der Waals surface area contributed by atoms with Gasteiger partial charge in [-0.25, -0.2) is 0 Å². The Morgan fingerprint density at radius 2 is 1.91 bits per heavy atom. The summed E-state index contributed by atoms with van der Waals surface area (Å²) in [7, 11) is 0. The lowest BCUT2D eigenvalue weighted by atomic mass is 10.1. The summed E-state index contributed by atoms with van der Waals surface area (Å²) in [5, 5.41) is 0. The van der Waals surface area contributed by atoms with Crippen LogP contribution in [0.2, 0.25) is 0 Å². The van der Waals surface area contributed by atoms with E-state index in [1.54, 1.807) is 0 Å². The molecule has 0 fully saturated rings. The zero-order valence-corrected chi connectivity index (χ0v) is 7.97. The van der Waals surface area contributed by atoms with Crippen LogP contribution < -0.4 is 0 Å². The van der Waals surface area contributed by atoms with E-state index < -0.39 is 0 Å². The van der Waals surface area contributed by atoms with E-state index in [2.05, 4.69) is 32.9 Å². The topological polar surface area (TPSA) is 0 Å². The van der Waals surface area contributed by atoms with Crippen molar-refractivity contribution in [3.05, 3.63) is 19.1 Å². The van der Waals surface area contributed by atoms with Crippen molar-refractivity contribution in [1.82, 2.24) is 0 Å². The lowest BCUT2D eigenvalue weighted by Gasteiger charge is -1.96. The molecule has 0 saturated heterocycles. The molecule has 0 atom stereocenters. The van der Waals surface area contributed by atoms with E-state index in [9.17, 15) is 0 Å². The van der Waals surface area contributed by atoms with Crippen molar-refractivity contribution in [2.24, 2.45) is 5.92 Å². The first-order valence-corrected chi connectivity index (χ1v) is 4.71. The van der Waals surface area contributed by atoms with Gasteiger partial charge in [-0.2, -0.15) is 0 Å². The fourth-order valence-corrected chi connectivity index (χ4v) is 0.925. The molecule has 0 bridgehead atoms. The van der Waals surface area contributed by atoms with Gasteiger partial charge in [-0.15, -0.1) is 0 Å². The summed E-state index contributed by atoms with van der Waals surface area (Å²) in [5.41, 5.74) is 0. The Bertz CT molecular complexity index is 90.2. The van der Waals surface area contributed by atoms with E-state index in [0.29, 0.717) is 0 Å². The van der Waals surface area contributed by atoms with E-state index >= 15 is 0 Å². The van der Waals surface area contributed by atoms with Crippen LogP contribution >= 0.6 is 0 Å². The van der Waals surface area contributed by atoms with Gasteiger partial charge in [0, 0.05) is 0 Å². The molecule has 0 rings (SSSR count). The van der Waals surface area contributed by atoms with Gasteiger partial charge in [0.15, 0.2) is 0 Å². The van der Waals surface area contributed by atoms with Crippen LogP contribution in [-0.4, -0.2) is 0 Å². The maximum Gasteiger partial charge on any atom is -0.0327 e. The molecule has 0 aromatic heterocycles. The molecule has 65 valence electrons. The molecule has 0 amide bonds. The van der Waals surface area contributed by atoms with Gasteiger partial charge in [0.2, 0.25) is 0 Å². The van der Waals surface area contributed by atoms with Gasteiger partial charge < -0.3 is 0 Å². The number of hydrogen-bond acceptors (Lipinski definition) is 0. The van der Waals surface area contributed by atoms with Crippen LogP contribution in [-0.2, 0) is 0 Å². The standard InChI is InChI=1S/C11H21/c1-4-5-6-7-8-9-10-11(2)3/h8-9,11H,1,4-7,10H2,2-3H3/b9-8+. The van der Waals surface area contributed by atoms with Crippen molar-refractivity contribution in [2.45, 2.75) is 46.0 Å². The van der Waals surface area contributed by atoms with Crippen LogP contribution in [0.5, 0.6) is 0 Å². The summed E-state index contributed by atoms with van der Waals surface area (Å²) < 4.78 is 0. The molecule has 0 aliphatic rings. The molecule has 0 nitrogen and oxygen atoms in total. The summed E-state index contributed by atoms with van der Waals surface area (Å²) in [6.07, 6.45) is 10.7. The molecule has 0 aromatic rings. The fourth-order valence-electron chi connectivity index (χ4n) is 0.925. The zero-order valence-electron chi connectivity index (χ0n) is 7.97. The Morgan fingerprint density at radius 1 is 1.18 bits per heavy atom. The van der Waals surface area contributed by atoms with Crippen LogP contribution in [0.4, 0.5) is 0 Å². The van der Waals surface area contributed by atoms with E-state index in [0.717, 1.165) is 12.3 Å². The summed E-state index contributed by atoms with van der Waals surface area (Å²) >= 11 is 0. The minimum Gasteiger partial charge on any atom is -0.0885 e. The highest BCUT2D eigenvalue weighted by Crippen LogP contribution is 2.03. The van der Waals surface area contributed by atoms with Gasteiger partial charge in [0.25, 0.3) is 0 Å². The molecule has 0 aromatic carbocycles. The molecule has 11 heavy (non-hydrogen) atoms. The number of unbranched alkanes of at least 4 members (excludes halogenated alkanes) is 3. The lowest BCUT2D eigenvalue weighted by Crippen LogP contribution is -1.81. The molecule has 0 unspecified atom stereocenters. The van der Waals surface area contributed by atoms with Crippen LogP contribution in [0.1, 0.15) is 46.0 Å². The third-order valence-corrected chi connectivity index (χ3v) is 1.64. The molecule has 0 heteroatoms. The van der Waals surface area contributed by atoms with Crippen molar-refractivity contribution < 1.29 is 0 Å². The summed E-state index contributed by atoms with van der Waals surface area (Å²) in [5.74, 6) is 0.805. The summed E-state index contributed by atoms with van der Waals surface area (Å²) in [4.78, 5) is 0. The second-order valence-corrected chi connectivity index (χ2v) is 3.45. The smallest absolute Gasteiger partial charge is 0.0327 e. The SMILES string of the molecule is [CH2]CCCC/C=C/CC(C)C. The predicted octanol–water partition coefficient (Wildman–Crippen LogP) is 3.98. The van der Waals surface area contributed by atoms with Gasteiger partial charge >= 0.3 is 0 Å². The monoisotopic (exact) mass is 153 g/mol. The zero-order chi connectivity index (χ0) is 8.53. The largest absolute Gasteiger partial charge is 0.0885 e. The first-order chi connectivity index (χ1) is 5.27. The summed E-state index contributed by atoms with van der Waals surface area (Å²) in [6, 6.07) is 0. The van der Waals surface area contributed by atoms with E-state index in [4.69, 9.17) is 0 Å². The van der Waals surface area contributed by atoms with Gasteiger partial charge in [-0.1, -0.05) is 45.8 Å². The second kappa shape index (κ2) is 7.84. The Labute approximate surface area is 71.7 Å². The maximum atomic E-state index is 3.81. The van der Waals surface area contributed by atoms with Crippen molar-refractivity contribution >= 4 is 0 Å². The average molecular weight is 153 g/mol. The highest BCUT2D eigenvalue weighted by atomic mass is 13.9. The molecule has 0 N–H and O–H groups in total. The predicted molar refractivity (Wildman–Crippen MR) is 52.4 cm³/mol. The number of hydrogen-bond donors (Lipinski definition) is 0. The second-order valence-electron chi connectivity index (χ2n) is 3.45. The number of allylic oxidation sites excluding steroid dienone is 2. The van der Waals surface area contributed by atoms with E-state index in [-0.39, 0.29) is 0 Å². The van der Waals surface area contributed by atoms with Crippen LogP contribution in [0.25, 0.3) is 0 Å². The van der Waals surface area contributed by atoms with Crippen molar-refractivity contribution in [3.8, 4) is 0 Å². The molecule has 1 radical (unpaired) electrons. The highest BCUT2D eigenvalue weighted by Gasteiger charge is 1.86. The molecule has 0 aliphatic heterocycles. The van der Waals surface area contributed by atoms with Gasteiger partial charge in [0.05, 0.1) is 0 Å². The Kier molecular flexibility index (Phi) is 7.66. The molecular formula is C11H21. The Hall–Kier alpha value is -0.260. The van der Waals surface area contributed by atoms with Crippen LogP contribution in [0, 0.1) is 12.8 Å². The number of rotatable bonds is 6.